The van der Waals surface area contributed by atoms with E-state index in [-0.39, 0.29) is 11.4 Å². The van der Waals surface area contributed by atoms with Gasteiger partial charge in [0, 0.05) is 54.5 Å². The number of nitrogens with zero attached hydrogens (tertiary/aromatic N) is 2. The summed E-state index contributed by atoms with van der Waals surface area (Å²) in [7, 11) is 1.59. The van der Waals surface area contributed by atoms with Gasteiger partial charge in [-0.25, -0.2) is 9.59 Å². The fourth-order valence-corrected chi connectivity index (χ4v) is 10.3. The Hall–Kier alpha value is -9.66. The second-order valence-corrected chi connectivity index (χ2v) is 17.7. The first-order valence-electron chi connectivity index (χ1n) is 23.3. The Bertz CT molecular complexity index is 4570. The number of ether oxygens (including phenoxy) is 1. The van der Waals surface area contributed by atoms with Crippen LogP contribution in [0.2, 0.25) is 0 Å². The Morgan fingerprint density at radius 2 is 0.761 bits per heavy atom. The molecule has 14 aromatic rings. The Morgan fingerprint density at radius 1 is 0.352 bits per heavy atom. The van der Waals surface area contributed by atoms with Crippen molar-refractivity contribution in [3.63, 3.8) is 0 Å². The van der Waals surface area contributed by atoms with Gasteiger partial charge in [-0.15, -0.1) is 0 Å². The smallest absolute Gasteiger partial charge is 0.344 e. The van der Waals surface area contributed by atoms with Crippen molar-refractivity contribution in [1.82, 2.24) is 9.13 Å². The number of fused-ring (bicyclic) bond motifs is 12. The number of para-hydroxylation sites is 4. The fourth-order valence-electron chi connectivity index (χ4n) is 10.3. The van der Waals surface area contributed by atoms with Crippen molar-refractivity contribution in [3.05, 3.63) is 239 Å². The minimum atomic E-state index is -0.457. The standard InChI is InChI=1S/C32H21NO3.C31H19NO3/c1-35-23-13-15-24-26-14-11-21(18-31(26)36-32(34)28(24)19-23)20-12-16-30-27(17-20)25-9-5-6-10-29(25)33(30)22-7-3-2-4-8-22;33-22-12-14-23-25-13-10-20(17-30(25)35-31(34)27(23)18-22)19-11-15-29-26(16-19)24-8-4-5-9-28(24)32(29)21-6-2-1-3-7-21/h2-19H,1H3;1-18,33H. The highest BCUT2D eigenvalue weighted by molar-refractivity contribution is 6.13. The molecule has 8 nitrogen and oxygen atoms in total. The van der Waals surface area contributed by atoms with Crippen LogP contribution in [0.15, 0.2) is 237 Å². The molecule has 14 rings (SSSR count). The van der Waals surface area contributed by atoms with Gasteiger partial charge in [0.2, 0.25) is 0 Å². The maximum Gasteiger partial charge on any atom is 0.344 e. The molecule has 0 bridgehead atoms. The molecule has 0 aliphatic heterocycles. The first-order valence-corrected chi connectivity index (χ1v) is 23.3. The molecule has 0 aliphatic rings. The highest BCUT2D eigenvalue weighted by Crippen LogP contribution is 2.38. The van der Waals surface area contributed by atoms with E-state index in [0.29, 0.717) is 27.7 Å². The number of phenols is 1. The molecule has 1 N–H and O–H groups in total. The van der Waals surface area contributed by atoms with Crippen LogP contribution in [0, 0.1) is 0 Å². The van der Waals surface area contributed by atoms with Crippen molar-refractivity contribution >= 4 is 87.1 Å². The largest absolute Gasteiger partial charge is 0.508 e. The topological polar surface area (TPSA) is 99.7 Å². The third-order valence-electron chi connectivity index (χ3n) is 13.7. The van der Waals surface area contributed by atoms with E-state index >= 15 is 0 Å². The van der Waals surface area contributed by atoms with Crippen LogP contribution in [0.5, 0.6) is 11.5 Å². The molecule has 0 atom stereocenters. The summed E-state index contributed by atoms with van der Waals surface area (Å²) < 4.78 is 21.2. The Kier molecular flexibility index (Phi) is 9.67. The summed E-state index contributed by atoms with van der Waals surface area (Å²) in [6.45, 7) is 0. The summed E-state index contributed by atoms with van der Waals surface area (Å²) in [4.78, 5) is 25.3. The SMILES string of the molecule is COc1ccc2c(c1)c(=O)oc1cc(-c3ccc4c(c3)c3ccccc3n4-c3ccccc3)ccc12.O=c1oc2cc(-c3ccc4c(c3)c3ccccc3n4-c3ccccc3)ccc2c2ccc(O)cc12. The zero-order valence-electron chi connectivity index (χ0n) is 38.2. The van der Waals surface area contributed by atoms with Gasteiger partial charge in [-0.2, -0.15) is 0 Å². The number of hydrogen-bond donors (Lipinski definition) is 1. The molecule has 8 heteroatoms. The third kappa shape index (κ3) is 6.91. The lowest BCUT2D eigenvalue weighted by Gasteiger charge is -2.09. The molecule has 0 amide bonds. The highest BCUT2D eigenvalue weighted by Gasteiger charge is 2.17. The van der Waals surface area contributed by atoms with Crippen molar-refractivity contribution in [2.75, 3.05) is 7.11 Å². The predicted octanol–water partition coefficient (Wildman–Crippen LogP) is 15.1. The number of rotatable bonds is 5. The number of methoxy groups -OCH3 is 1. The summed E-state index contributed by atoms with van der Waals surface area (Å²) in [5.41, 5.74) is 11.2. The van der Waals surface area contributed by atoms with Crippen molar-refractivity contribution in [2.24, 2.45) is 0 Å². The Morgan fingerprint density at radius 3 is 1.27 bits per heavy atom. The van der Waals surface area contributed by atoms with Crippen LogP contribution in [-0.4, -0.2) is 21.4 Å². The third-order valence-corrected chi connectivity index (χ3v) is 13.7. The predicted molar refractivity (Wildman–Crippen MR) is 288 cm³/mol. The van der Waals surface area contributed by atoms with Gasteiger partial charge in [-0.3, -0.25) is 0 Å². The van der Waals surface area contributed by atoms with Crippen LogP contribution in [0.3, 0.4) is 0 Å². The van der Waals surface area contributed by atoms with E-state index < -0.39 is 5.63 Å². The van der Waals surface area contributed by atoms with Crippen LogP contribution >= 0.6 is 0 Å². The average Bonchev–Trinajstić information content (AvgIpc) is 3.93. The van der Waals surface area contributed by atoms with Crippen LogP contribution in [0.1, 0.15) is 0 Å². The normalized spacial score (nSPS) is 11.6. The summed E-state index contributed by atoms with van der Waals surface area (Å²) in [5.74, 6) is 0.678. The first-order chi connectivity index (χ1) is 34.9. The number of aromatic hydroxyl groups is 1. The Balaban J connectivity index is 0.000000139. The van der Waals surface area contributed by atoms with Gasteiger partial charge in [-0.05, 0) is 144 Å². The molecule has 10 aromatic carbocycles. The van der Waals surface area contributed by atoms with Gasteiger partial charge < -0.3 is 27.8 Å². The molecule has 4 heterocycles. The van der Waals surface area contributed by atoms with E-state index in [1.54, 1.807) is 25.3 Å². The highest BCUT2D eigenvalue weighted by atomic mass is 16.5. The van der Waals surface area contributed by atoms with Gasteiger partial charge in [0.25, 0.3) is 0 Å². The van der Waals surface area contributed by atoms with Crippen LogP contribution in [-0.2, 0) is 0 Å². The lowest BCUT2D eigenvalue weighted by molar-refractivity contribution is 0.415. The van der Waals surface area contributed by atoms with Crippen LogP contribution in [0.25, 0.3) is 121 Å². The molecule has 0 saturated heterocycles. The molecular formula is C63H40N2O6. The van der Waals surface area contributed by atoms with Gasteiger partial charge >= 0.3 is 11.3 Å². The van der Waals surface area contributed by atoms with Crippen molar-refractivity contribution < 1.29 is 18.7 Å². The lowest BCUT2D eigenvalue weighted by Crippen LogP contribution is -2.00. The molecule has 0 saturated carbocycles. The van der Waals surface area contributed by atoms with Gasteiger partial charge in [0.15, 0.2) is 0 Å². The molecule has 71 heavy (non-hydrogen) atoms. The zero-order chi connectivity index (χ0) is 47.7. The second-order valence-electron chi connectivity index (χ2n) is 17.7. The van der Waals surface area contributed by atoms with E-state index in [2.05, 4.69) is 149 Å². The van der Waals surface area contributed by atoms with E-state index in [1.807, 2.05) is 54.6 Å². The average molecular weight is 921 g/mol. The van der Waals surface area contributed by atoms with Gasteiger partial charge in [0.05, 0.1) is 39.9 Å². The van der Waals surface area contributed by atoms with Crippen molar-refractivity contribution in [1.29, 1.82) is 0 Å². The van der Waals surface area contributed by atoms with E-state index in [1.165, 1.54) is 27.7 Å². The first kappa shape index (κ1) is 41.5. The molecule has 338 valence electrons. The summed E-state index contributed by atoms with van der Waals surface area (Å²) in [6.07, 6.45) is 0. The van der Waals surface area contributed by atoms with Crippen molar-refractivity contribution in [3.8, 4) is 45.1 Å². The summed E-state index contributed by atoms with van der Waals surface area (Å²) >= 11 is 0. The second kappa shape index (κ2) is 16.5. The fraction of sp³-hybridized carbons (Fsp3) is 0.0159. The van der Waals surface area contributed by atoms with E-state index in [4.69, 9.17) is 13.6 Å². The van der Waals surface area contributed by atoms with Gasteiger partial charge in [0.1, 0.15) is 22.7 Å². The number of aromatic nitrogens is 2. The maximum absolute atomic E-state index is 12.7. The lowest BCUT2D eigenvalue weighted by atomic mass is 10.00. The molecule has 0 spiro atoms. The van der Waals surface area contributed by atoms with E-state index in [0.717, 1.165) is 77.1 Å². The van der Waals surface area contributed by atoms with Crippen molar-refractivity contribution in [2.45, 2.75) is 0 Å². The Labute approximate surface area is 404 Å². The number of hydrogen-bond acceptors (Lipinski definition) is 6. The van der Waals surface area contributed by atoms with Crippen LogP contribution in [0.4, 0.5) is 0 Å². The molecule has 0 aliphatic carbocycles. The summed E-state index contributed by atoms with van der Waals surface area (Å²) in [5, 5.41) is 18.8. The molecule has 0 unspecified atom stereocenters. The molecular weight excluding hydrogens is 881 g/mol. The number of phenolic OH excluding ortho intramolecular Hbond substituents is 1. The van der Waals surface area contributed by atoms with E-state index in [9.17, 15) is 14.7 Å². The minimum Gasteiger partial charge on any atom is -0.508 e. The molecule has 0 radical (unpaired) electrons. The number of benzene rings is 10. The minimum absolute atomic E-state index is 0.0451. The van der Waals surface area contributed by atoms with Crippen LogP contribution < -0.4 is 16.0 Å². The zero-order valence-corrected chi connectivity index (χ0v) is 38.2. The summed E-state index contributed by atoms with van der Waals surface area (Å²) in [6, 6.07) is 73.0. The maximum atomic E-state index is 12.7. The monoisotopic (exact) mass is 920 g/mol. The molecule has 4 aromatic heterocycles. The quantitative estimate of drug-likeness (QED) is 0.136. The van der Waals surface area contributed by atoms with Gasteiger partial charge in [-0.1, -0.05) is 97.1 Å². The molecule has 0 fully saturated rings.